The highest BCUT2D eigenvalue weighted by Gasteiger charge is 2.12. The average Bonchev–Trinajstić information content (AvgIpc) is 2.88. The van der Waals surface area contributed by atoms with Crippen molar-refractivity contribution in [2.45, 2.75) is 38.7 Å². The molecule has 6 nitrogen and oxygen atoms in total. The highest BCUT2D eigenvalue weighted by molar-refractivity contribution is 5.75. The molecule has 0 aliphatic heterocycles. The van der Waals surface area contributed by atoms with Gasteiger partial charge in [-0.2, -0.15) is 0 Å². The second-order valence-electron chi connectivity index (χ2n) is 4.32. The predicted octanol–water partition coefficient (Wildman–Crippen LogP) is 0.590. The molecule has 0 aliphatic carbocycles. The van der Waals surface area contributed by atoms with E-state index in [0.29, 0.717) is 9.13 Å². The van der Waals surface area contributed by atoms with Gasteiger partial charge in [-0.25, -0.2) is 4.79 Å². The quantitative estimate of drug-likeness (QED) is 0.819. The lowest BCUT2D eigenvalue weighted by Crippen LogP contribution is -2.39. The van der Waals surface area contributed by atoms with Crippen LogP contribution in [0.15, 0.2) is 21.8 Å². The third-order valence-electron chi connectivity index (χ3n) is 2.95. The molecule has 0 fully saturated rings. The molecule has 0 bridgehead atoms. The monoisotopic (exact) mass is 290 g/mol. The maximum atomic E-state index is 12.8. The zero-order valence-electron chi connectivity index (χ0n) is 21.5. The summed E-state index contributed by atoms with van der Waals surface area (Å²) >= 11 is 0. The minimum atomic E-state index is -3.17. The summed E-state index contributed by atoms with van der Waals surface area (Å²) in [5.74, 6) is 0. The van der Waals surface area contributed by atoms with Gasteiger partial charge in [0.05, 0.1) is 14.2 Å². The zero-order chi connectivity index (χ0) is 24.2. The van der Waals surface area contributed by atoms with Crippen LogP contribution in [0.4, 0.5) is 0 Å². The molecule has 0 saturated heterocycles. The minimum absolute atomic E-state index is 0.0490. The van der Waals surface area contributed by atoms with Crippen molar-refractivity contribution >= 4 is 11.0 Å². The van der Waals surface area contributed by atoms with E-state index in [-0.39, 0.29) is 24.0 Å². The van der Waals surface area contributed by atoms with E-state index in [0.717, 1.165) is 6.07 Å². The van der Waals surface area contributed by atoms with E-state index in [2.05, 4.69) is 0 Å². The second kappa shape index (κ2) is 5.66. The van der Waals surface area contributed by atoms with Crippen LogP contribution in [0.5, 0.6) is 0 Å². The first-order chi connectivity index (χ1) is 13.8. The zero-order valence-corrected chi connectivity index (χ0v) is 10.5. The summed E-state index contributed by atoms with van der Waals surface area (Å²) in [4.78, 5) is 25.6. The van der Waals surface area contributed by atoms with E-state index in [1.807, 2.05) is 0 Å². The number of aliphatic hydroxyl groups is 1. The smallest absolute Gasteiger partial charge is 0.332 e. The van der Waals surface area contributed by atoms with E-state index in [4.69, 9.17) is 15.1 Å². The summed E-state index contributed by atoms with van der Waals surface area (Å²) in [5.41, 5.74) is -3.05. The maximum absolute atomic E-state index is 12.8. The highest BCUT2D eigenvalue weighted by atomic mass is 16.3. The van der Waals surface area contributed by atoms with Crippen LogP contribution in [0.25, 0.3) is 11.0 Å². The Morgan fingerprint density at radius 1 is 1.45 bits per heavy atom. The Hall–Kier alpha value is -1.82. The molecule has 0 spiro atoms. The van der Waals surface area contributed by atoms with Crippen LogP contribution in [-0.4, -0.2) is 24.9 Å². The number of hydrogen-bond acceptors (Lipinski definition) is 3. The Bertz CT molecular complexity index is 1090. The lowest BCUT2D eigenvalue weighted by Gasteiger charge is -2.10. The van der Waals surface area contributed by atoms with E-state index in [9.17, 15) is 14.7 Å². The molecule has 1 unspecified atom stereocenters. The number of aromatic nitrogens is 3. The Kier molecular flexibility index (Phi) is 1.67. The van der Waals surface area contributed by atoms with Crippen LogP contribution >= 0.6 is 0 Å². The van der Waals surface area contributed by atoms with Gasteiger partial charge in [0.1, 0.15) is 5.65 Å². The number of fused-ring (bicyclic) bond motifs is 1. The van der Waals surface area contributed by atoms with Crippen LogP contribution < -0.4 is 11.2 Å². The van der Waals surface area contributed by atoms with E-state index in [1.54, 1.807) is 0 Å². The van der Waals surface area contributed by atoms with Gasteiger partial charge in [0.2, 0.25) is 0 Å². The van der Waals surface area contributed by atoms with Crippen molar-refractivity contribution in [3.05, 3.63) is 33.1 Å². The first-order valence-electron chi connectivity index (χ1n) is 11.4. The molecule has 110 valence electrons. The van der Waals surface area contributed by atoms with Gasteiger partial charge in [-0.15, -0.1) is 0 Å². The Morgan fingerprint density at radius 2 is 2.30 bits per heavy atom. The Morgan fingerprint density at radius 3 is 3.00 bits per heavy atom. The standard InChI is InChI=1S/C14H21N3O3/c1-10(18)6-4-5-8-17-13(19)11-7-9-15(2)12(11)16(3)14(17)20/h7,9-10,18H,4-6,8H2,1-3H3/i1D3,2D3,3D3,9D,10D. The molecule has 2 aromatic rings. The fourth-order valence-electron chi connectivity index (χ4n) is 1.96. The summed E-state index contributed by atoms with van der Waals surface area (Å²) in [6, 6.07) is 0.861. The summed E-state index contributed by atoms with van der Waals surface area (Å²) in [6.07, 6.45) is -4.01. The van der Waals surface area contributed by atoms with Crippen LogP contribution in [0, 0.1) is 0 Å². The first-order valence-corrected chi connectivity index (χ1v) is 5.92. The van der Waals surface area contributed by atoms with Crippen LogP contribution in [0.2, 0.25) is 0 Å². The van der Waals surface area contributed by atoms with Crippen molar-refractivity contribution in [1.29, 1.82) is 0 Å². The topological polar surface area (TPSA) is 69.2 Å². The number of aryl methyl sites for hydroxylation is 2. The largest absolute Gasteiger partial charge is 0.393 e. The normalized spacial score (nSPS) is 24.6. The lowest BCUT2D eigenvalue weighted by atomic mass is 10.2. The van der Waals surface area contributed by atoms with Gasteiger partial charge in [0.15, 0.2) is 0 Å². The molecule has 0 radical (unpaired) electrons. The summed E-state index contributed by atoms with van der Waals surface area (Å²) in [5, 5.41) is 9.23. The average molecular weight is 290 g/mol. The molecule has 20 heavy (non-hydrogen) atoms. The molecule has 2 aromatic heterocycles. The third-order valence-corrected chi connectivity index (χ3v) is 2.95. The molecule has 0 aromatic carbocycles. The Balaban J connectivity index is 2.56. The molecular weight excluding hydrogens is 258 g/mol. The summed E-state index contributed by atoms with van der Waals surface area (Å²) < 4.78 is 83.2. The van der Waals surface area contributed by atoms with Crippen molar-refractivity contribution in [2.24, 2.45) is 14.0 Å². The van der Waals surface area contributed by atoms with Crippen molar-refractivity contribution in [3.63, 3.8) is 0 Å². The molecule has 1 N–H and O–H groups in total. The molecule has 0 amide bonds. The molecular formula is C14H21N3O3. The minimum Gasteiger partial charge on any atom is -0.393 e. The van der Waals surface area contributed by atoms with E-state index < -0.39 is 61.8 Å². The van der Waals surface area contributed by atoms with Gasteiger partial charge in [-0.1, -0.05) is 0 Å². The molecule has 0 aliphatic rings. The number of rotatable bonds is 5. The van der Waals surface area contributed by atoms with Gasteiger partial charge < -0.3 is 9.67 Å². The van der Waals surface area contributed by atoms with Crippen LogP contribution in [0.3, 0.4) is 0 Å². The van der Waals surface area contributed by atoms with Crippen molar-refractivity contribution in [2.75, 3.05) is 0 Å². The molecule has 1 atom stereocenters. The number of nitrogens with zero attached hydrogens (tertiary/aromatic N) is 3. The SMILES string of the molecule is [2H]c1cc2c(=O)n(CCCCC([2H])(O)C([2H])([2H])[2H])c(=O)n(C([2H])([2H])[2H])c2n1C([2H])([2H])[2H]. The van der Waals surface area contributed by atoms with Gasteiger partial charge in [0.25, 0.3) is 5.56 Å². The fourth-order valence-corrected chi connectivity index (χ4v) is 1.96. The van der Waals surface area contributed by atoms with Gasteiger partial charge in [-0.05, 0) is 32.2 Å². The molecule has 2 heterocycles. The highest BCUT2D eigenvalue weighted by Crippen LogP contribution is 2.07. The van der Waals surface area contributed by atoms with Crippen molar-refractivity contribution < 1.29 is 20.2 Å². The predicted molar refractivity (Wildman–Crippen MR) is 78.0 cm³/mol. The van der Waals surface area contributed by atoms with Crippen molar-refractivity contribution in [3.8, 4) is 0 Å². The molecule has 6 heteroatoms. The van der Waals surface area contributed by atoms with E-state index in [1.165, 1.54) is 0 Å². The number of hydrogen-bond donors (Lipinski definition) is 1. The molecule has 2 rings (SSSR count). The first kappa shape index (κ1) is 5.89. The van der Waals surface area contributed by atoms with Gasteiger partial charge in [0, 0.05) is 39.0 Å². The van der Waals surface area contributed by atoms with Gasteiger partial charge in [-0.3, -0.25) is 13.9 Å². The Labute approximate surface area is 132 Å². The third kappa shape index (κ3) is 2.56. The van der Waals surface area contributed by atoms with Crippen LogP contribution in [-0.2, 0) is 20.5 Å². The maximum Gasteiger partial charge on any atom is 0.332 e. The summed E-state index contributed by atoms with van der Waals surface area (Å²) in [7, 11) is 0. The van der Waals surface area contributed by atoms with Crippen molar-refractivity contribution in [1.82, 2.24) is 13.7 Å². The fraction of sp³-hybridized carbons (Fsp3) is 0.571. The second-order valence-corrected chi connectivity index (χ2v) is 4.32. The lowest BCUT2D eigenvalue weighted by molar-refractivity contribution is 0.180. The van der Waals surface area contributed by atoms with Crippen LogP contribution in [0.1, 0.15) is 41.2 Å². The summed E-state index contributed by atoms with van der Waals surface area (Å²) in [6.45, 7) is -9.52. The van der Waals surface area contributed by atoms with E-state index >= 15 is 0 Å². The van der Waals surface area contributed by atoms with Gasteiger partial charge >= 0.3 is 5.69 Å². The molecule has 0 saturated carbocycles. The number of unbranched alkanes of at least 4 members (excludes halogenated alkanes) is 1.